The van der Waals surface area contributed by atoms with Crippen molar-refractivity contribution >= 4 is 16.0 Å². The summed E-state index contributed by atoms with van der Waals surface area (Å²) in [6.07, 6.45) is 0.768. The molecule has 6 nitrogen and oxygen atoms in total. The highest BCUT2D eigenvalue weighted by Gasteiger charge is 2.15. The first-order chi connectivity index (χ1) is 7.06. The molecule has 15 heavy (non-hydrogen) atoms. The molecule has 1 aromatic carbocycles. The molecule has 2 rings (SSSR count). The molecule has 0 atom stereocenters. The van der Waals surface area contributed by atoms with Crippen LogP contribution in [0.5, 0.6) is 5.75 Å². The van der Waals surface area contributed by atoms with Crippen molar-refractivity contribution < 1.29 is 17.7 Å². The Kier molecular flexibility index (Phi) is 2.41. The lowest BCUT2D eigenvalue weighted by molar-refractivity contribution is 0.357. The molecule has 0 aromatic heterocycles. The predicted molar refractivity (Wildman–Crippen MR) is 51.7 cm³/mol. The van der Waals surface area contributed by atoms with Crippen LogP contribution in [0, 0.1) is 0 Å². The lowest BCUT2D eigenvalue weighted by Gasteiger charge is -2.00. The molecule has 0 bridgehead atoms. The Morgan fingerprint density at radius 1 is 1.40 bits per heavy atom. The highest BCUT2D eigenvalue weighted by atomic mass is 32.2. The van der Waals surface area contributed by atoms with Gasteiger partial charge >= 0.3 is 10.3 Å². The second kappa shape index (κ2) is 3.59. The number of nitrogens with zero attached hydrogens (tertiary/aromatic N) is 2. The van der Waals surface area contributed by atoms with Gasteiger partial charge in [0.2, 0.25) is 0 Å². The van der Waals surface area contributed by atoms with Crippen molar-refractivity contribution in [3.8, 4) is 5.75 Å². The topological polar surface area (TPSA) is 88.3 Å². The molecule has 0 amide bonds. The quantitative estimate of drug-likeness (QED) is 0.613. The summed E-state index contributed by atoms with van der Waals surface area (Å²) in [5, 5.41) is 3.41. The van der Waals surface area contributed by atoms with Crippen LogP contribution in [0.15, 0.2) is 27.8 Å². The van der Waals surface area contributed by atoms with E-state index in [1.54, 1.807) is 12.1 Å². The minimum absolute atomic E-state index is 0.308. The Morgan fingerprint density at radius 2 is 2.20 bits per heavy atom. The summed E-state index contributed by atoms with van der Waals surface area (Å²) in [6, 6.07) is 5.17. The van der Waals surface area contributed by atoms with Gasteiger partial charge in [0.25, 0.3) is 0 Å². The smallest absolute Gasteiger partial charge is 0.396 e. The molecule has 0 saturated carbocycles. The van der Waals surface area contributed by atoms with Crippen LogP contribution in [0.3, 0.4) is 0 Å². The van der Waals surface area contributed by atoms with Gasteiger partial charge in [0.05, 0.1) is 6.61 Å². The third kappa shape index (κ3) is 2.31. The highest BCUT2D eigenvalue weighted by molar-refractivity contribution is 7.84. The van der Waals surface area contributed by atoms with E-state index in [1.165, 1.54) is 0 Å². The Bertz CT molecular complexity index is 509. The van der Waals surface area contributed by atoms with Crippen molar-refractivity contribution in [1.82, 2.24) is 0 Å². The van der Waals surface area contributed by atoms with Crippen LogP contribution >= 0.6 is 0 Å². The maximum absolute atomic E-state index is 10.4. The van der Waals surface area contributed by atoms with Gasteiger partial charge < -0.3 is 4.74 Å². The highest BCUT2D eigenvalue weighted by Crippen LogP contribution is 2.35. The van der Waals surface area contributed by atoms with Crippen LogP contribution in [-0.2, 0) is 16.7 Å². The summed E-state index contributed by atoms with van der Waals surface area (Å²) in [5.41, 5.74) is 1.27. The second-order valence-corrected chi connectivity index (χ2v) is 4.05. The third-order valence-corrected chi connectivity index (χ3v) is 2.23. The number of hydrogen-bond acceptors (Lipinski definition) is 4. The summed E-state index contributed by atoms with van der Waals surface area (Å²) >= 11 is 0. The van der Waals surface area contributed by atoms with Crippen molar-refractivity contribution in [2.24, 2.45) is 9.63 Å². The number of ether oxygens (including phenoxy) is 1. The average Bonchev–Trinajstić information content (AvgIpc) is 2.61. The molecule has 0 radical (unpaired) electrons. The SMILES string of the molecule is O=S(=O)(O)N=Nc1cccc2c1OCC2. The Morgan fingerprint density at radius 3 is 2.93 bits per heavy atom. The zero-order chi connectivity index (χ0) is 10.9. The van der Waals surface area contributed by atoms with Gasteiger partial charge in [-0.1, -0.05) is 12.1 Å². The summed E-state index contributed by atoms with van der Waals surface area (Å²) in [5.74, 6) is 0.532. The Labute approximate surface area is 86.5 Å². The van der Waals surface area contributed by atoms with Gasteiger partial charge in [0.1, 0.15) is 11.4 Å². The number of para-hydroxylation sites is 1. The van der Waals surface area contributed by atoms with Gasteiger partial charge in [-0.2, -0.15) is 8.42 Å². The molecule has 1 aromatic rings. The summed E-state index contributed by atoms with van der Waals surface area (Å²) in [4.78, 5) is 0. The van der Waals surface area contributed by atoms with Crippen molar-refractivity contribution in [3.05, 3.63) is 23.8 Å². The summed E-state index contributed by atoms with van der Waals surface area (Å²) in [6.45, 7) is 0.549. The minimum atomic E-state index is -4.44. The van der Waals surface area contributed by atoms with Gasteiger partial charge in [0, 0.05) is 6.42 Å². The van der Waals surface area contributed by atoms with E-state index in [0.29, 0.717) is 18.0 Å². The van der Waals surface area contributed by atoms with E-state index in [0.717, 1.165) is 12.0 Å². The molecule has 0 spiro atoms. The zero-order valence-electron chi connectivity index (χ0n) is 7.62. The maximum atomic E-state index is 10.4. The van der Waals surface area contributed by atoms with E-state index in [1.807, 2.05) is 6.07 Å². The fourth-order valence-corrected chi connectivity index (χ4v) is 1.56. The Hall–Kier alpha value is -1.47. The largest absolute Gasteiger partial charge is 0.491 e. The van der Waals surface area contributed by atoms with Crippen molar-refractivity contribution in [1.29, 1.82) is 0 Å². The first-order valence-corrected chi connectivity index (χ1v) is 5.61. The lowest BCUT2D eigenvalue weighted by Crippen LogP contribution is -1.89. The van der Waals surface area contributed by atoms with Crippen LogP contribution in [0.25, 0.3) is 0 Å². The van der Waals surface area contributed by atoms with E-state index in [4.69, 9.17) is 9.29 Å². The first-order valence-electron chi connectivity index (χ1n) is 4.21. The average molecular weight is 228 g/mol. The Balaban J connectivity index is 2.38. The minimum Gasteiger partial charge on any atom is -0.491 e. The van der Waals surface area contributed by atoms with Gasteiger partial charge in [0.15, 0.2) is 0 Å². The van der Waals surface area contributed by atoms with Crippen LogP contribution in [0.1, 0.15) is 5.56 Å². The van der Waals surface area contributed by atoms with Gasteiger partial charge in [-0.25, -0.2) is 0 Å². The predicted octanol–water partition coefficient (Wildman–Crippen LogP) is 1.51. The zero-order valence-corrected chi connectivity index (χ0v) is 8.44. The van der Waals surface area contributed by atoms with Crippen LogP contribution in [0.2, 0.25) is 0 Å². The van der Waals surface area contributed by atoms with E-state index in [2.05, 4.69) is 9.63 Å². The standard InChI is InChI=1S/C8H8N2O4S/c11-15(12,13)10-9-7-3-1-2-6-4-5-14-8(6)7/h1-3H,4-5H2,(H,11,12,13). The molecular weight excluding hydrogens is 220 g/mol. The normalized spacial score (nSPS) is 15.3. The van der Waals surface area contributed by atoms with Crippen molar-refractivity contribution in [2.45, 2.75) is 6.42 Å². The molecular formula is C8H8N2O4S. The molecule has 7 heteroatoms. The molecule has 0 aliphatic carbocycles. The number of benzene rings is 1. The number of rotatable bonds is 2. The van der Waals surface area contributed by atoms with E-state index < -0.39 is 10.3 Å². The molecule has 1 heterocycles. The summed E-state index contributed by atoms with van der Waals surface area (Å²) < 4.78 is 37.2. The summed E-state index contributed by atoms with van der Waals surface area (Å²) in [7, 11) is -4.44. The van der Waals surface area contributed by atoms with Crippen LogP contribution in [-0.4, -0.2) is 19.6 Å². The van der Waals surface area contributed by atoms with Crippen molar-refractivity contribution in [2.75, 3.05) is 6.61 Å². The van der Waals surface area contributed by atoms with Gasteiger partial charge in [-0.3, -0.25) is 4.55 Å². The monoisotopic (exact) mass is 228 g/mol. The molecule has 0 fully saturated rings. The molecule has 80 valence electrons. The second-order valence-electron chi connectivity index (χ2n) is 2.99. The maximum Gasteiger partial charge on any atom is 0.396 e. The first kappa shape index (κ1) is 10.1. The molecule has 0 saturated heterocycles. The van der Waals surface area contributed by atoms with Crippen LogP contribution < -0.4 is 4.74 Å². The molecule has 1 aliphatic rings. The van der Waals surface area contributed by atoms with Gasteiger partial charge in [-0.15, -0.1) is 5.11 Å². The molecule has 0 unspecified atom stereocenters. The van der Waals surface area contributed by atoms with Crippen molar-refractivity contribution in [3.63, 3.8) is 0 Å². The van der Waals surface area contributed by atoms with E-state index >= 15 is 0 Å². The molecule has 1 N–H and O–H groups in total. The van der Waals surface area contributed by atoms with E-state index in [9.17, 15) is 8.42 Å². The lowest BCUT2D eigenvalue weighted by atomic mass is 10.1. The van der Waals surface area contributed by atoms with E-state index in [-0.39, 0.29) is 0 Å². The number of fused-ring (bicyclic) bond motifs is 1. The third-order valence-electron chi connectivity index (χ3n) is 1.95. The fraction of sp³-hybridized carbons (Fsp3) is 0.250. The fourth-order valence-electron chi connectivity index (χ4n) is 1.37. The number of hydrogen-bond donors (Lipinski definition) is 1. The molecule has 1 aliphatic heterocycles. The van der Waals surface area contributed by atoms with Gasteiger partial charge in [-0.05, 0) is 16.1 Å². The van der Waals surface area contributed by atoms with Crippen LogP contribution in [0.4, 0.5) is 5.69 Å².